The minimum absolute atomic E-state index is 0.0589. The van der Waals surface area contributed by atoms with E-state index in [9.17, 15) is 9.90 Å². The summed E-state index contributed by atoms with van der Waals surface area (Å²) < 4.78 is 6.27. The fourth-order valence-corrected chi connectivity index (χ4v) is 5.45. The predicted molar refractivity (Wildman–Crippen MR) is 150 cm³/mol. The third-order valence-electron chi connectivity index (χ3n) is 7.72. The van der Waals surface area contributed by atoms with Crippen molar-refractivity contribution in [2.24, 2.45) is 11.3 Å². The molecule has 1 atom stereocenters. The maximum Gasteiger partial charge on any atom is 0.253 e. The van der Waals surface area contributed by atoms with Gasteiger partial charge < -0.3 is 14.7 Å². The highest BCUT2D eigenvalue weighted by atomic mass is 16.5. The van der Waals surface area contributed by atoms with Crippen molar-refractivity contribution in [1.82, 2.24) is 9.80 Å². The lowest BCUT2D eigenvalue weighted by Gasteiger charge is -2.32. The fraction of sp³-hybridized carbons (Fsp3) is 0.594. The molecule has 2 heterocycles. The highest BCUT2D eigenvalue weighted by Gasteiger charge is 2.25. The van der Waals surface area contributed by atoms with Gasteiger partial charge in [0, 0.05) is 38.2 Å². The number of aliphatic hydroxyl groups excluding tert-OH is 1. The van der Waals surface area contributed by atoms with Crippen LogP contribution in [-0.2, 0) is 13.0 Å². The van der Waals surface area contributed by atoms with Crippen molar-refractivity contribution in [1.29, 1.82) is 0 Å². The molecule has 2 aromatic rings. The van der Waals surface area contributed by atoms with Gasteiger partial charge in [0.1, 0.15) is 5.75 Å². The minimum Gasteiger partial charge on any atom is -0.493 e. The smallest absolute Gasteiger partial charge is 0.253 e. The summed E-state index contributed by atoms with van der Waals surface area (Å²) in [6.07, 6.45) is 7.24. The number of benzene rings is 2. The highest BCUT2D eigenvalue weighted by molar-refractivity contribution is 5.94. The second kappa shape index (κ2) is 12.9. The number of carbonyl (C=O) groups is 1. The molecule has 1 unspecified atom stereocenters. The van der Waals surface area contributed by atoms with Crippen LogP contribution in [0, 0.1) is 11.3 Å². The topological polar surface area (TPSA) is 53.0 Å². The average molecular weight is 507 g/mol. The number of hydrogen-bond acceptors (Lipinski definition) is 4. The summed E-state index contributed by atoms with van der Waals surface area (Å²) in [4.78, 5) is 17.9. The van der Waals surface area contributed by atoms with Crippen LogP contribution in [0.1, 0.15) is 86.3 Å². The van der Waals surface area contributed by atoms with Gasteiger partial charge in [-0.3, -0.25) is 9.69 Å². The maximum absolute atomic E-state index is 13.4. The third kappa shape index (κ3) is 8.31. The molecule has 0 radical (unpaired) electrons. The Hall–Kier alpha value is -2.37. The molecule has 5 heteroatoms. The molecule has 5 nitrogen and oxygen atoms in total. The Balaban J connectivity index is 1.55. The molecule has 1 saturated heterocycles. The van der Waals surface area contributed by atoms with Gasteiger partial charge in [0.25, 0.3) is 5.91 Å². The molecule has 37 heavy (non-hydrogen) atoms. The number of amides is 1. The molecule has 1 amide bonds. The van der Waals surface area contributed by atoms with Crippen LogP contribution in [0.2, 0.25) is 0 Å². The van der Waals surface area contributed by atoms with Crippen molar-refractivity contribution in [2.75, 3.05) is 39.4 Å². The number of aliphatic hydroxyl groups is 1. The summed E-state index contributed by atoms with van der Waals surface area (Å²) in [5, 5.41) is 9.60. The van der Waals surface area contributed by atoms with E-state index >= 15 is 0 Å². The van der Waals surface area contributed by atoms with Crippen molar-refractivity contribution in [3.05, 3.63) is 64.7 Å². The zero-order valence-electron chi connectivity index (χ0n) is 23.2. The second-order valence-corrected chi connectivity index (χ2v) is 12.3. The SMILES string of the molecule is CC(C)(C)CCN1CCCCCOc2ccc(C(=O)N3CCCC(CO)C3)cc2Cc2cccc(c2)C1. The normalized spacial score (nSPS) is 20.0. The first-order chi connectivity index (χ1) is 17.8. The number of ether oxygens (including phenoxy) is 1. The average Bonchev–Trinajstić information content (AvgIpc) is 2.88. The van der Waals surface area contributed by atoms with E-state index in [0.717, 1.165) is 69.6 Å². The number of fused-ring (bicyclic) bond motifs is 3. The lowest BCUT2D eigenvalue weighted by atomic mass is 9.92. The number of rotatable bonds is 4. The predicted octanol–water partition coefficient (Wildman–Crippen LogP) is 5.92. The van der Waals surface area contributed by atoms with Gasteiger partial charge in [-0.1, -0.05) is 45.0 Å². The Labute approximate surface area is 223 Å². The summed E-state index contributed by atoms with van der Waals surface area (Å²) in [7, 11) is 0. The van der Waals surface area contributed by atoms with Crippen molar-refractivity contribution >= 4 is 5.91 Å². The molecule has 2 bridgehead atoms. The summed E-state index contributed by atoms with van der Waals surface area (Å²) in [5.74, 6) is 1.13. The third-order valence-corrected chi connectivity index (χ3v) is 7.72. The molecule has 2 aromatic carbocycles. The molecule has 2 aliphatic heterocycles. The van der Waals surface area contributed by atoms with E-state index in [4.69, 9.17) is 4.74 Å². The Morgan fingerprint density at radius 3 is 2.68 bits per heavy atom. The van der Waals surface area contributed by atoms with E-state index in [1.54, 1.807) is 0 Å². The molecule has 0 aliphatic carbocycles. The van der Waals surface area contributed by atoms with Crippen LogP contribution in [-0.4, -0.2) is 60.2 Å². The van der Waals surface area contributed by atoms with Crippen molar-refractivity contribution in [2.45, 2.75) is 72.3 Å². The van der Waals surface area contributed by atoms with Gasteiger partial charge in [-0.2, -0.15) is 0 Å². The van der Waals surface area contributed by atoms with Gasteiger partial charge in [-0.15, -0.1) is 0 Å². The lowest BCUT2D eigenvalue weighted by molar-refractivity contribution is 0.0620. The highest BCUT2D eigenvalue weighted by Crippen LogP contribution is 2.27. The molecule has 202 valence electrons. The largest absolute Gasteiger partial charge is 0.493 e. The zero-order valence-corrected chi connectivity index (χ0v) is 23.2. The van der Waals surface area contributed by atoms with Crippen LogP contribution in [0.3, 0.4) is 0 Å². The Morgan fingerprint density at radius 2 is 1.86 bits per heavy atom. The molecule has 0 aromatic heterocycles. The van der Waals surface area contributed by atoms with Crippen LogP contribution in [0.25, 0.3) is 0 Å². The molecular formula is C32H46N2O3. The summed E-state index contributed by atoms with van der Waals surface area (Å²) >= 11 is 0. The Bertz CT molecular complexity index is 1030. The van der Waals surface area contributed by atoms with E-state index in [2.05, 4.69) is 49.9 Å². The van der Waals surface area contributed by atoms with Crippen LogP contribution >= 0.6 is 0 Å². The molecule has 0 saturated carbocycles. The standard InChI is InChI=1S/C32H46N2O3/c1-32(2,3)14-17-33-15-5-4-6-18-37-30-13-12-28(31(36)34-16-8-11-27(23-34)24-35)21-29(30)20-25-9-7-10-26(19-25)22-33/h7,9-10,12-13,19,21,27,35H,4-6,8,11,14-18,20,22-24H2,1-3H3. The molecule has 1 fully saturated rings. The number of likely N-dealkylation sites (tertiary alicyclic amines) is 1. The van der Waals surface area contributed by atoms with Gasteiger partial charge >= 0.3 is 0 Å². The first-order valence-corrected chi connectivity index (χ1v) is 14.3. The van der Waals surface area contributed by atoms with E-state index in [-0.39, 0.29) is 18.4 Å². The van der Waals surface area contributed by atoms with Gasteiger partial charge in [-0.05, 0) is 97.8 Å². The van der Waals surface area contributed by atoms with Gasteiger partial charge in [0.2, 0.25) is 0 Å². The second-order valence-electron chi connectivity index (χ2n) is 12.3. The minimum atomic E-state index is 0.0589. The molecule has 2 aliphatic rings. The summed E-state index contributed by atoms with van der Waals surface area (Å²) in [6.45, 7) is 12.4. The van der Waals surface area contributed by atoms with Crippen LogP contribution in [0.5, 0.6) is 5.75 Å². The van der Waals surface area contributed by atoms with Crippen molar-refractivity contribution in [3.63, 3.8) is 0 Å². The van der Waals surface area contributed by atoms with Gasteiger partial charge in [0.15, 0.2) is 0 Å². The summed E-state index contributed by atoms with van der Waals surface area (Å²) in [6, 6.07) is 14.8. The number of hydrogen-bond donors (Lipinski definition) is 1. The van der Waals surface area contributed by atoms with Crippen LogP contribution < -0.4 is 4.74 Å². The number of piperidine rings is 1. The van der Waals surface area contributed by atoms with E-state index in [1.165, 1.54) is 24.0 Å². The first-order valence-electron chi connectivity index (χ1n) is 14.3. The Morgan fingerprint density at radius 1 is 1.03 bits per heavy atom. The maximum atomic E-state index is 13.4. The van der Waals surface area contributed by atoms with E-state index in [1.807, 2.05) is 23.1 Å². The number of nitrogens with zero attached hydrogens (tertiary/aromatic N) is 2. The van der Waals surface area contributed by atoms with E-state index < -0.39 is 0 Å². The number of carbonyl (C=O) groups excluding carboxylic acids is 1. The molecule has 1 N–H and O–H groups in total. The molecular weight excluding hydrogens is 460 g/mol. The van der Waals surface area contributed by atoms with Gasteiger partial charge in [-0.25, -0.2) is 0 Å². The fourth-order valence-electron chi connectivity index (χ4n) is 5.45. The zero-order chi connectivity index (χ0) is 26.3. The molecule has 4 rings (SSSR count). The van der Waals surface area contributed by atoms with Crippen molar-refractivity contribution in [3.8, 4) is 5.75 Å². The van der Waals surface area contributed by atoms with E-state index in [0.29, 0.717) is 24.1 Å². The monoisotopic (exact) mass is 506 g/mol. The Kier molecular flexibility index (Phi) is 9.66. The van der Waals surface area contributed by atoms with Crippen LogP contribution in [0.15, 0.2) is 42.5 Å². The van der Waals surface area contributed by atoms with Crippen molar-refractivity contribution < 1.29 is 14.6 Å². The summed E-state index contributed by atoms with van der Waals surface area (Å²) in [5.41, 5.74) is 4.72. The van der Waals surface area contributed by atoms with Gasteiger partial charge in [0.05, 0.1) is 6.61 Å². The van der Waals surface area contributed by atoms with Crippen LogP contribution in [0.4, 0.5) is 0 Å². The quantitative estimate of drug-likeness (QED) is 0.559. The lowest BCUT2D eigenvalue weighted by Crippen LogP contribution is -2.41. The molecule has 0 spiro atoms. The first kappa shape index (κ1) is 27.7.